The van der Waals surface area contributed by atoms with Crippen LogP contribution < -0.4 is 10.1 Å². The van der Waals surface area contributed by atoms with Gasteiger partial charge in [0.05, 0.1) is 6.10 Å². The highest BCUT2D eigenvalue weighted by Crippen LogP contribution is 2.25. The molecule has 3 nitrogen and oxygen atoms in total. The Bertz CT molecular complexity index is 404. The van der Waals surface area contributed by atoms with Gasteiger partial charge in [0.25, 0.3) is 0 Å². The van der Waals surface area contributed by atoms with Gasteiger partial charge in [-0.15, -0.1) is 0 Å². The summed E-state index contributed by atoms with van der Waals surface area (Å²) in [5.41, 5.74) is 1.38. The molecule has 0 amide bonds. The lowest BCUT2D eigenvalue weighted by Crippen LogP contribution is -2.29. The molecule has 0 bridgehead atoms. The molecule has 118 valence electrons. The molecule has 0 radical (unpaired) electrons. The van der Waals surface area contributed by atoms with Crippen molar-refractivity contribution in [2.45, 2.75) is 63.7 Å². The Labute approximate surface area is 129 Å². The van der Waals surface area contributed by atoms with Crippen molar-refractivity contribution < 1.29 is 9.47 Å². The van der Waals surface area contributed by atoms with Gasteiger partial charge < -0.3 is 14.8 Å². The second kappa shape index (κ2) is 8.40. The quantitative estimate of drug-likeness (QED) is 0.833. The van der Waals surface area contributed by atoms with E-state index in [-0.39, 0.29) is 0 Å². The van der Waals surface area contributed by atoms with E-state index in [0.29, 0.717) is 18.2 Å². The molecule has 0 aromatic heterocycles. The van der Waals surface area contributed by atoms with Gasteiger partial charge >= 0.3 is 0 Å². The van der Waals surface area contributed by atoms with E-state index in [4.69, 9.17) is 9.47 Å². The third-order valence-corrected chi connectivity index (χ3v) is 4.50. The van der Waals surface area contributed by atoms with Crippen molar-refractivity contribution in [3.63, 3.8) is 0 Å². The average molecular weight is 291 g/mol. The molecular weight excluding hydrogens is 262 g/mol. The molecular formula is C18H29NO2. The Morgan fingerprint density at radius 3 is 2.57 bits per heavy atom. The fourth-order valence-electron chi connectivity index (χ4n) is 2.88. The first kappa shape index (κ1) is 16.3. The summed E-state index contributed by atoms with van der Waals surface area (Å²) in [4.78, 5) is 0. The van der Waals surface area contributed by atoms with E-state index < -0.39 is 0 Å². The van der Waals surface area contributed by atoms with Crippen LogP contribution in [0.2, 0.25) is 0 Å². The second-order valence-corrected chi connectivity index (χ2v) is 6.14. The van der Waals surface area contributed by atoms with Gasteiger partial charge in [-0.05, 0) is 63.8 Å². The molecule has 1 N–H and O–H groups in total. The van der Waals surface area contributed by atoms with Gasteiger partial charge in [0.1, 0.15) is 11.9 Å². The number of nitrogens with one attached hydrogen (secondary N) is 1. The van der Waals surface area contributed by atoms with E-state index in [1.807, 2.05) is 7.05 Å². The zero-order valence-electron chi connectivity index (χ0n) is 13.6. The van der Waals surface area contributed by atoms with Gasteiger partial charge in [0.2, 0.25) is 0 Å². The minimum atomic E-state index is 0.305. The van der Waals surface area contributed by atoms with Crippen molar-refractivity contribution in [3.8, 4) is 5.75 Å². The largest absolute Gasteiger partial charge is 0.490 e. The van der Waals surface area contributed by atoms with Crippen LogP contribution in [-0.4, -0.2) is 32.4 Å². The van der Waals surface area contributed by atoms with Crippen LogP contribution in [0.15, 0.2) is 24.3 Å². The third kappa shape index (κ3) is 5.33. The van der Waals surface area contributed by atoms with E-state index >= 15 is 0 Å². The average Bonchev–Trinajstić information content (AvgIpc) is 2.54. The molecule has 21 heavy (non-hydrogen) atoms. The summed E-state index contributed by atoms with van der Waals surface area (Å²) in [5, 5.41) is 3.27. The maximum atomic E-state index is 6.10. The lowest BCUT2D eigenvalue weighted by Gasteiger charge is -2.28. The molecule has 3 atom stereocenters. The highest BCUT2D eigenvalue weighted by Gasteiger charge is 2.22. The van der Waals surface area contributed by atoms with Crippen LogP contribution in [0.4, 0.5) is 0 Å². The van der Waals surface area contributed by atoms with Gasteiger partial charge in [-0.3, -0.25) is 0 Å². The van der Waals surface area contributed by atoms with E-state index in [1.165, 1.54) is 18.4 Å². The smallest absolute Gasteiger partial charge is 0.119 e. The van der Waals surface area contributed by atoms with E-state index in [1.54, 1.807) is 7.11 Å². The maximum absolute atomic E-state index is 6.10. The molecule has 0 spiro atoms. The van der Waals surface area contributed by atoms with Crippen molar-refractivity contribution in [1.82, 2.24) is 5.32 Å². The van der Waals surface area contributed by atoms with Gasteiger partial charge in [-0.25, -0.2) is 0 Å². The standard InChI is InChI=1S/C18H29NO2/c1-14(19-2)7-8-15-9-11-16(12-10-15)21-18-6-4-5-17(13-18)20-3/h9-12,14,17-19H,4-8,13H2,1-3H3. The Kier molecular flexibility index (Phi) is 6.52. The van der Waals surface area contributed by atoms with Gasteiger partial charge in [-0.1, -0.05) is 12.1 Å². The fourth-order valence-corrected chi connectivity index (χ4v) is 2.88. The highest BCUT2D eigenvalue weighted by atomic mass is 16.5. The normalized spacial score (nSPS) is 23.8. The zero-order chi connectivity index (χ0) is 15.1. The van der Waals surface area contributed by atoms with Crippen LogP contribution in [-0.2, 0) is 11.2 Å². The molecule has 1 aromatic rings. The predicted octanol–water partition coefficient (Wildman–Crippen LogP) is 3.56. The third-order valence-electron chi connectivity index (χ3n) is 4.50. The molecule has 0 aliphatic heterocycles. The van der Waals surface area contributed by atoms with Crippen molar-refractivity contribution in [1.29, 1.82) is 0 Å². The molecule has 1 aromatic carbocycles. The lowest BCUT2D eigenvalue weighted by molar-refractivity contribution is 0.0209. The molecule has 0 saturated heterocycles. The minimum Gasteiger partial charge on any atom is -0.490 e. The second-order valence-electron chi connectivity index (χ2n) is 6.14. The molecule has 1 aliphatic rings. The minimum absolute atomic E-state index is 0.305. The number of hydrogen-bond acceptors (Lipinski definition) is 3. The molecule has 1 aliphatic carbocycles. The Morgan fingerprint density at radius 2 is 1.90 bits per heavy atom. The monoisotopic (exact) mass is 291 g/mol. The van der Waals surface area contributed by atoms with Gasteiger partial charge in [0.15, 0.2) is 0 Å². The molecule has 1 saturated carbocycles. The Morgan fingerprint density at radius 1 is 1.19 bits per heavy atom. The van der Waals surface area contributed by atoms with Crippen molar-refractivity contribution in [2.24, 2.45) is 0 Å². The number of ether oxygens (including phenoxy) is 2. The van der Waals surface area contributed by atoms with E-state index in [0.717, 1.165) is 31.4 Å². The molecule has 0 heterocycles. The summed E-state index contributed by atoms with van der Waals surface area (Å²) >= 11 is 0. The fraction of sp³-hybridized carbons (Fsp3) is 0.667. The van der Waals surface area contributed by atoms with Crippen molar-refractivity contribution in [2.75, 3.05) is 14.2 Å². The SMILES string of the molecule is CNC(C)CCc1ccc(OC2CCCC(OC)C2)cc1. The predicted molar refractivity (Wildman–Crippen MR) is 87.0 cm³/mol. The molecule has 1 fully saturated rings. The lowest BCUT2D eigenvalue weighted by atomic mass is 9.95. The van der Waals surface area contributed by atoms with Crippen LogP contribution in [0.1, 0.15) is 44.6 Å². The van der Waals surface area contributed by atoms with Crippen LogP contribution in [0, 0.1) is 0 Å². The van der Waals surface area contributed by atoms with E-state index in [9.17, 15) is 0 Å². The van der Waals surface area contributed by atoms with Crippen LogP contribution in [0.5, 0.6) is 5.75 Å². The number of aryl methyl sites for hydroxylation is 1. The molecule has 3 heteroatoms. The summed E-state index contributed by atoms with van der Waals surface area (Å²) in [6.07, 6.45) is 7.46. The summed E-state index contributed by atoms with van der Waals surface area (Å²) in [7, 11) is 3.81. The first-order valence-electron chi connectivity index (χ1n) is 8.17. The number of benzene rings is 1. The number of methoxy groups -OCH3 is 1. The molecule has 2 rings (SSSR count). The zero-order valence-corrected chi connectivity index (χ0v) is 13.6. The van der Waals surface area contributed by atoms with Crippen molar-refractivity contribution >= 4 is 0 Å². The van der Waals surface area contributed by atoms with Crippen LogP contribution in [0.3, 0.4) is 0 Å². The summed E-state index contributed by atoms with van der Waals surface area (Å²) < 4.78 is 11.6. The van der Waals surface area contributed by atoms with Crippen LogP contribution >= 0.6 is 0 Å². The number of rotatable bonds is 7. The number of hydrogen-bond donors (Lipinski definition) is 1. The van der Waals surface area contributed by atoms with Crippen LogP contribution in [0.25, 0.3) is 0 Å². The first-order chi connectivity index (χ1) is 10.2. The van der Waals surface area contributed by atoms with Gasteiger partial charge in [-0.2, -0.15) is 0 Å². The summed E-state index contributed by atoms with van der Waals surface area (Å²) in [6.45, 7) is 2.22. The van der Waals surface area contributed by atoms with Crippen molar-refractivity contribution in [3.05, 3.63) is 29.8 Å². The molecule has 3 unspecified atom stereocenters. The topological polar surface area (TPSA) is 30.5 Å². The summed E-state index contributed by atoms with van der Waals surface area (Å²) in [6, 6.07) is 9.16. The maximum Gasteiger partial charge on any atom is 0.119 e. The Hall–Kier alpha value is -1.06. The first-order valence-corrected chi connectivity index (χ1v) is 8.17. The Balaban J connectivity index is 1.81. The van der Waals surface area contributed by atoms with Gasteiger partial charge in [0, 0.05) is 19.6 Å². The summed E-state index contributed by atoms with van der Waals surface area (Å²) in [5.74, 6) is 0.988. The van der Waals surface area contributed by atoms with E-state index in [2.05, 4.69) is 36.5 Å². The highest BCUT2D eigenvalue weighted by molar-refractivity contribution is 5.27.